The molecule has 0 aliphatic carbocycles. The fraction of sp³-hybridized carbons (Fsp3) is 0.0667. The first-order chi connectivity index (χ1) is 10.5. The smallest absolute Gasteiger partial charge is 0.191 e. The summed E-state index contributed by atoms with van der Waals surface area (Å²) in [5, 5.41) is 17.1. The summed E-state index contributed by atoms with van der Waals surface area (Å²) in [7, 11) is 0. The zero-order chi connectivity index (χ0) is 16.1. The minimum atomic E-state index is 0.154. The Morgan fingerprint density at radius 3 is 2.36 bits per heavy atom. The number of aromatic hydroxyl groups is 1. The van der Waals surface area contributed by atoms with Gasteiger partial charge in [0.15, 0.2) is 5.11 Å². The van der Waals surface area contributed by atoms with E-state index in [0.717, 1.165) is 11.3 Å². The molecular weight excluding hydrogens is 430 g/mol. The molecule has 0 aliphatic heterocycles. The van der Waals surface area contributed by atoms with E-state index in [1.165, 1.54) is 5.56 Å². The average molecular weight is 443 g/mol. The van der Waals surface area contributed by atoms with E-state index in [0.29, 0.717) is 14.1 Å². The van der Waals surface area contributed by atoms with Crippen LogP contribution in [0.25, 0.3) is 0 Å². The number of hydrogen-bond acceptors (Lipinski definition) is 3. The van der Waals surface area contributed by atoms with Crippen molar-refractivity contribution in [1.82, 2.24) is 5.43 Å². The van der Waals surface area contributed by atoms with E-state index in [1.807, 2.05) is 31.2 Å². The first-order valence-electron chi connectivity index (χ1n) is 6.30. The number of hydrazone groups is 1. The molecule has 0 atom stereocenters. The van der Waals surface area contributed by atoms with Gasteiger partial charge in [-0.2, -0.15) is 5.10 Å². The lowest BCUT2D eigenvalue weighted by molar-refractivity contribution is 0.468. The van der Waals surface area contributed by atoms with Crippen LogP contribution in [-0.4, -0.2) is 16.4 Å². The van der Waals surface area contributed by atoms with Gasteiger partial charge in [0, 0.05) is 5.69 Å². The molecule has 0 heterocycles. The summed E-state index contributed by atoms with van der Waals surface area (Å²) in [6.07, 6.45) is 1.61. The highest BCUT2D eigenvalue weighted by Gasteiger charge is 2.04. The van der Waals surface area contributed by atoms with Crippen LogP contribution in [0, 0.1) is 6.92 Å². The Morgan fingerprint density at radius 1 is 1.18 bits per heavy atom. The third-order valence-electron chi connectivity index (χ3n) is 2.73. The van der Waals surface area contributed by atoms with Crippen molar-refractivity contribution in [2.75, 3.05) is 5.32 Å². The molecule has 0 aliphatic rings. The van der Waals surface area contributed by atoms with Gasteiger partial charge in [0.25, 0.3) is 0 Å². The maximum Gasteiger partial charge on any atom is 0.191 e. The number of anilines is 1. The number of phenols is 1. The van der Waals surface area contributed by atoms with E-state index < -0.39 is 0 Å². The van der Waals surface area contributed by atoms with Gasteiger partial charge in [0.05, 0.1) is 15.2 Å². The Hall–Kier alpha value is -1.44. The van der Waals surface area contributed by atoms with Crippen molar-refractivity contribution in [2.45, 2.75) is 6.92 Å². The van der Waals surface area contributed by atoms with E-state index >= 15 is 0 Å². The Balaban J connectivity index is 1.94. The summed E-state index contributed by atoms with van der Waals surface area (Å²) in [5.74, 6) is 0.154. The van der Waals surface area contributed by atoms with Crippen molar-refractivity contribution in [2.24, 2.45) is 5.10 Å². The monoisotopic (exact) mass is 441 g/mol. The van der Waals surface area contributed by atoms with Crippen molar-refractivity contribution in [3.8, 4) is 5.75 Å². The number of rotatable bonds is 3. The number of nitrogens with zero attached hydrogens (tertiary/aromatic N) is 1. The normalized spacial score (nSPS) is 10.7. The van der Waals surface area contributed by atoms with Crippen molar-refractivity contribution in [3.05, 3.63) is 56.5 Å². The molecule has 0 spiro atoms. The number of phenolic OH excluding ortho intramolecular Hbond substituents is 1. The van der Waals surface area contributed by atoms with Crippen LogP contribution in [0.3, 0.4) is 0 Å². The van der Waals surface area contributed by atoms with Gasteiger partial charge in [-0.3, -0.25) is 5.43 Å². The molecule has 0 radical (unpaired) electrons. The zero-order valence-electron chi connectivity index (χ0n) is 11.6. The molecule has 114 valence electrons. The lowest BCUT2D eigenvalue weighted by atomic mass is 10.2. The van der Waals surface area contributed by atoms with Crippen LogP contribution in [0.5, 0.6) is 5.75 Å². The minimum Gasteiger partial charge on any atom is -0.506 e. The summed E-state index contributed by atoms with van der Waals surface area (Å²) < 4.78 is 1.17. The minimum absolute atomic E-state index is 0.154. The van der Waals surface area contributed by atoms with Gasteiger partial charge in [-0.05, 0) is 80.8 Å². The third-order valence-corrected chi connectivity index (χ3v) is 4.13. The molecule has 22 heavy (non-hydrogen) atoms. The summed E-state index contributed by atoms with van der Waals surface area (Å²) in [6.45, 7) is 2.03. The van der Waals surface area contributed by atoms with Crippen molar-refractivity contribution in [3.63, 3.8) is 0 Å². The molecule has 0 amide bonds. The maximum atomic E-state index is 9.64. The number of halogens is 2. The first kappa shape index (κ1) is 16.9. The number of benzene rings is 2. The topological polar surface area (TPSA) is 56.7 Å². The number of thiocarbonyl (C=S) groups is 1. The van der Waals surface area contributed by atoms with Crippen LogP contribution in [0.4, 0.5) is 5.69 Å². The quantitative estimate of drug-likeness (QED) is 0.371. The molecule has 2 rings (SSSR count). The standard InChI is InChI=1S/C15H13Br2N3OS/c1-9-2-4-11(5-3-9)19-15(22)20-18-8-10-6-12(16)14(21)13(17)7-10/h2-8,21H,1H3,(H2,19,20,22). The van der Waals surface area contributed by atoms with E-state index in [4.69, 9.17) is 12.2 Å². The fourth-order valence-corrected chi connectivity index (χ4v) is 3.01. The van der Waals surface area contributed by atoms with Gasteiger partial charge < -0.3 is 10.4 Å². The molecule has 0 unspecified atom stereocenters. The molecule has 2 aromatic rings. The van der Waals surface area contributed by atoms with Gasteiger partial charge in [-0.1, -0.05) is 17.7 Å². The Labute approximate surface area is 150 Å². The van der Waals surface area contributed by atoms with Crippen LogP contribution >= 0.6 is 44.1 Å². The van der Waals surface area contributed by atoms with Gasteiger partial charge in [-0.25, -0.2) is 0 Å². The van der Waals surface area contributed by atoms with Crippen LogP contribution in [0.2, 0.25) is 0 Å². The SMILES string of the molecule is Cc1ccc(NC(=S)NN=Cc2cc(Br)c(O)c(Br)c2)cc1. The molecule has 0 bridgehead atoms. The second-order valence-electron chi connectivity index (χ2n) is 4.52. The number of hydrogen-bond donors (Lipinski definition) is 3. The lowest BCUT2D eigenvalue weighted by Crippen LogP contribution is -2.23. The van der Waals surface area contributed by atoms with Crippen LogP contribution in [-0.2, 0) is 0 Å². The Kier molecular flexibility index (Phi) is 5.93. The van der Waals surface area contributed by atoms with Gasteiger partial charge in [-0.15, -0.1) is 0 Å². The predicted molar refractivity (Wildman–Crippen MR) is 102 cm³/mol. The van der Waals surface area contributed by atoms with Gasteiger partial charge in [0.1, 0.15) is 5.75 Å². The highest BCUT2D eigenvalue weighted by molar-refractivity contribution is 9.11. The number of nitrogens with one attached hydrogen (secondary N) is 2. The molecule has 7 heteroatoms. The number of aryl methyl sites for hydroxylation is 1. The van der Waals surface area contributed by atoms with Crippen molar-refractivity contribution in [1.29, 1.82) is 0 Å². The van der Waals surface area contributed by atoms with E-state index in [2.05, 4.69) is 47.7 Å². The highest BCUT2D eigenvalue weighted by Crippen LogP contribution is 2.32. The molecule has 0 saturated carbocycles. The lowest BCUT2D eigenvalue weighted by Gasteiger charge is -2.07. The van der Waals surface area contributed by atoms with Crippen LogP contribution in [0.15, 0.2) is 50.4 Å². The molecule has 2 aromatic carbocycles. The zero-order valence-corrected chi connectivity index (χ0v) is 15.6. The molecule has 0 aromatic heterocycles. The summed E-state index contributed by atoms with van der Waals surface area (Å²) in [5.41, 5.74) is 5.63. The molecule has 0 saturated heterocycles. The largest absolute Gasteiger partial charge is 0.506 e. The predicted octanol–water partition coefficient (Wildman–Crippen LogP) is 4.55. The summed E-state index contributed by atoms with van der Waals surface area (Å²) >= 11 is 11.7. The van der Waals surface area contributed by atoms with Crippen molar-refractivity contribution >= 4 is 61.1 Å². The van der Waals surface area contributed by atoms with Crippen LogP contribution < -0.4 is 10.7 Å². The van der Waals surface area contributed by atoms with E-state index in [-0.39, 0.29) is 5.75 Å². The average Bonchev–Trinajstić information content (AvgIpc) is 2.47. The maximum absolute atomic E-state index is 9.64. The van der Waals surface area contributed by atoms with E-state index in [1.54, 1.807) is 18.3 Å². The second kappa shape index (κ2) is 7.71. The molecule has 4 nitrogen and oxygen atoms in total. The second-order valence-corrected chi connectivity index (χ2v) is 6.64. The Bertz CT molecular complexity index is 694. The van der Waals surface area contributed by atoms with Crippen molar-refractivity contribution < 1.29 is 5.11 Å². The fourth-order valence-electron chi connectivity index (χ4n) is 1.62. The molecule has 0 fully saturated rings. The van der Waals surface area contributed by atoms with Gasteiger partial charge >= 0.3 is 0 Å². The summed E-state index contributed by atoms with van der Waals surface area (Å²) in [6, 6.07) is 11.4. The highest BCUT2D eigenvalue weighted by atomic mass is 79.9. The van der Waals surface area contributed by atoms with E-state index in [9.17, 15) is 5.11 Å². The molecule has 3 N–H and O–H groups in total. The Morgan fingerprint density at radius 2 is 1.77 bits per heavy atom. The third kappa shape index (κ3) is 4.79. The molecular formula is C15H13Br2N3OS. The summed E-state index contributed by atoms with van der Waals surface area (Å²) in [4.78, 5) is 0. The van der Waals surface area contributed by atoms with Crippen LogP contribution in [0.1, 0.15) is 11.1 Å². The van der Waals surface area contributed by atoms with Gasteiger partial charge in [0.2, 0.25) is 0 Å². The first-order valence-corrected chi connectivity index (χ1v) is 8.30.